The van der Waals surface area contributed by atoms with Crippen LogP contribution in [-0.2, 0) is 0 Å². The molecule has 0 aliphatic carbocycles. The van der Waals surface area contributed by atoms with Gasteiger partial charge in [-0.1, -0.05) is 0 Å². The lowest BCUT2D eigenvalue weighted by Gasteiger charge is -2.10. The summed E-state index contributed by atoms with van der Waals surface area (Å²) in [5.41, 5.74) is 1.79. The van der Waals surface area contributed by atoms with Crippen molar-refractivity contribution < 1.29 is 9.47 Å². The molecule has 0 spiro atoms. The first-order chi connectivity index (χ1) is 8.72. The van der Waals surface area contributed by atoms with E-state index in [-0.39, 0.29) is 0 Å². The Hall–Kier alpha value is -2.30. The summed E-state index contributed by atoms with van der Waals surface area (Å²) >= 11 is 0. The third-order valence-corrected chi connectivity index (χ3v) is 2.46. The molecule has 2 aromatic rings. The minimum atomic E-state index is 0.674. The second-order valence-corrected chi connectivity index (χ2v) is 3.74. The van der Waals surface area contributed by atoms with Gasteiger partial charge >= 0.3 is 0 Å². The lowest BCUT2D eigenvalue weighted by Crippen LogP contribution is -1.97. The van der Waals surface area contributed by atoms with Crippen LogP contribution in [0.25, 0.3) is 0 Å². The monoisotopic (exact) mass is 245 g/mol. The molecule has 5 heteroatoms. The number of nitrogens with zero attached hydrogens (tertiary/aromatic N) is 2. The quantitative estimate of drug-likeness (QED) is 0.897. The number of ether oxygens (including phenoxy) is 2. The van der Waals surface area contributed by atoms with Gasteiger partial charge in [-0.3, -0.25) is 0 Å². The summed E-state index contributed by atoms with van der Waals surface area (Å²) in [5, 5.41) is 3.18. The fourth-order valence-corrected chi connectivity index (χ4v) is 1.58. The molecule has 0 unspecified atom stereocenters. The van der Waals surface area contributed by atoms with Crippen LogP contribution in [0.4, 0.5) is 11.5 Å². The van der Waals surface area contributed by atoms with E-state index < -0.39 is 0 Å². The molecular weight excluding hydrogens is 230 g/mol. The van der Waals surface area contributed by atoms with E-state index in [1.54, 1.807) is 14.2 Å². The van der Waals surface area contributed by atoms with Crippen molar-refractivity contribution in [1.82, 2.24) is 9.97 Å². The Kier molecular flexibility index (Phi) is 3.62. The van der Waals surface area contributed by atoms with Crippen molar-refractivity contribution in [3.63, 3.8) is 0 Å². The van der Waals surface area contributed by atoms with Crippen molar-refractivity contribution in [2.24, 2.45) is 0 Å². The normalized spacial score (nSPS) is 9.94. The van der Waals surface area contributed by atoms with Crippen molar-refractivity contribution in [1.29, 1.82) is 0 Å². The van der Waals surface area contributed by atoms with Crippen molar-refractivity contribution in [2.45, 2.75) is 6.92 Å². The average Bonchev–Trinajstić information content (AvgIpc) is 2.38. The predicted molar refractivity (Wildman–Crippen MR) is 69.6 cm³/mol. The zero-order valence-corrected chi connectivity index (χ0v) is 10.6. The fourth-order valence-electron chi connectivity index (χ4n) is 1.58. The lowest BCUT2D eigenvalue weighted by atomic mass is 10.2. The molecule has 0 bridgehead atoms. The molecule has 0 atom stereocenters. The average molecular weight is 245 g/mol. The Morgan fingerprint density at radius 2 is 1.78 bits per heavy atom. The van der Waals surface area contributed by atoms with Gasteiger partial charge in [0.15, 0.2) is 11.5 Å². The second kappa shape index (κ2) is 5.35. The van der Waals surface area contributed by atoms with Gasteiger partial charge in [0.2, 0.25) is 0 Å². The van der Waals surface area contributed by atoms with Crippen LogP contribution in [0.1, 0.15) is 5.69 Å². The van der Waals surface area contributed by atoms with Crippen molar-refractivity contribution in [2.75, 3.05) is 19.5 Å². The maximum Gasteiger partial charge on any atom is 0.162 e. The van der Waals surface area contributed by atoms with E-state index in [1.807, 2.05) is 31.2 Å². The van der Waals surface area contributed by atoms with Gasteiger partial charge in [-0.15, -0.1) is 0 Å². The number of hydrogen-bond acceptors (Lipinski definition) is 5. The minimum Gasteiger partial charge on any atom is -0.493 e. The van der Waals surface area contributed by atoms with Gasteiger partial charge in [-0.05, 0) is 19.1 Å². The molecule has 1 aromatic carbocycles. The first-order valence-electron chi connectivity index (χ1n) is 5.50. The van der Waals surface area contributed by atoms with Gasteiger partial charge in [0.05, 0.1) is 14.2 Å². The zero-order valence-electron chi connectivity index (χ0n) is 10.6. The first-order valence-corrected chi connectivity index (χ1v) is 5.50. The van der Waals surface area contributed by atoms with Crippen LogP contribution >= 0.6 is 0 Å². The minimum absolute atomic E-state index is 0.674. The van der Waals surface area contributed by atoms with Crippen LogP contribution in [0.2, 0.25) is 0 Å². The number of benzene rings is 1. The summed E-state index contributed by atoms with van der Waals surface area (Å²) in [4.78, 5) is 8.19. The highest BCUT2D eigenvalue weighted by Gasteiger charge is 2.05. The summed E-state index contributed by atoms with van der Waals surface area (Å²) in [6.07, 6.45) is 1.53. The number of aromatic nitrogens is 2. The maximum absolute atomic E-state index is 5.24. The molecule has 0 aliphatic rings. The SMILES string of the molecule is COc1ccc(Nc2cc(C)ncn2)cc1OC. The van der Waals surface area contributed by atoms with Crippen molar-refractivity contribution >= 4 is 11.5 Å². The van der Waals surface area contributed by atoms with E-state index in [1.165, 1.54) is 6.33 Å². The molecule has 0 amide bonds. The first kappa shape index (κ1) is 12.2. The number of aryl methyl sites for hydroxylation is 1. The molecular formula is C13H15N3O2. The molecule has 0 radical (unpaired) electrons. The van der Waals surface area contributed by atoms with Gasteiger partial charge in [-0.25, -0.2) is 9.97 Å². The Balaban J connectivity index is 2.24. The lowest BCUT2D eigenvalue weighted by molar-refractivity contribution is 0.355. The molecule has 0 saturated heterocycles. The second-order valence-electron chi connectivity index (χ2n) is 3.74. The summed E-state index contributed by atoms with van der Waals surface area (Å²) in [6, 6.07) is 7.47. The highest BCUT2D eigenvalue weighted by Crippen LogP contribution is 2.30. The molecule has 94 valence electrons. The largest absolute Gasteiger partial charge is 0.493 e. The summed E-state index contributed by atoms with van der Waals surface area (Å²) in [6.45, 7) is 1.92. The smallest absolute Gasteiger partial charge is 0.162 e. The van der Waals surface area contributed by atoms with E-state index in [4.69, 9.17) is 9.47 Å². The van der Waals surface area contributed by atoms with Gasteiger partial charge in [0.1, 0.15) is 12.1 Å². The van der Waals surface area contributed by atoms with Crippen LogP contribution in [-0.4, -0.2) is 24.2 Å². The van der Waals surface area contributed by atoms with Crippen molar-refractivity contribution in [3.8, 4) is 11.5 Å². The summed E-state index contributed by atoms with van der Waals surface area (Å²) in [7, 11) is 3.22. The van der Waals surface area contributed by atoms with Crippen LogP contribution in [0.5, 0.6) is 11.5 Å². The molecule has 1 N–H and O–H groups in total. The van der Waals surface area contributed by atoms with Gasteiger partial charge in [0.25, 0.3) is 0 Å². The Labute approximate surface area is 106 Å². The molecule has 0 aliphatic heterocycles. The van der Waals surface area contributed by atoms with Crippen LogP contribution in [0.3, 0.4) is 0 Å². The Morgan fingerprint density at radius 1 is 1.00 bits per heavy atom. The number of rotatable bonds is 4. The molecule has 0 saturated carbocycles. The van der Waals surface area contributed by atoms with E-state index in [9.17, 15) is 0 Å². The molecule has 5 nitrogen and oxygen atoms in total. The Morgan fingerprint density at radius 3 is 2.44 bits per heavy atom. The van der Waals surface area contributed by atoms with Gasteiger partial charge in [-0.2, -0.15) is 0 Å². The number of hydrogen-bond donors (Lipinski definition) is 1. The maximum atomic E-state index is 5.24. The molecule has 18 heavy (non-hydrogen) atoms. The van der Waals surface area contributed by atoms with Crippen molar-refractivity contribution in [3.05, 3.63) is 36.3 Å². The number of nitrogens with one attached hydrogen (secondary N) is 1. The summed E-state index contributed by atoms with van der Waals surface area (Å²) in [5.74, 6) is 2.12. The number of anilines is 2. The fraction of sp³-hybridized carbons (Fsp3) is 0.231. The molecule has 1 aromatic heterocycles. The van der Waals surface area contributed by atoms with E-state index in [0.29, 0.717) is 11.5 Å². The molecule has 1 heterocycles. The van der Waals surface area contributed by atoms with Gasteiger partial charge in [0, 0.05) is 23.5 Å². The standard InChI is InChI=1S/C13H15N3O2/c1-9-6-13(15-8-14-9)16-10-4-5-11(17-2)12(7-10)18-3/h4-8H,1-3H3,(H,14,15,16). The predicted octanol–water partition coefficient (Wildman–Crippen LogP) is 2.55. The highest BCUT2D eigenvalue weighted by atomic mass is 16.5. The Bertz CT molecular complexity index is 544. The third kappa shape index (κ3) is 2.68. The third-order valence-electron chi connectivity index (χ3n) is 2.46. The van der Waals surface area contributed by atoms with E-state index >= 15 is 0 Å². The van der Waals surface area contributed by atoms with Crippen LogP contribution in [0, 0.1) is 6.92 Å². The highest BCUT2D eigenvalue weighted by molar-refractivity contribution is 5.61. The van der Waals surface area contributed by atoms with Gasteiger partial charge < -0.3 is 14.8 Å². The van der Waals surface area contributed by atoms with E-state index in [2.05, 4.69) is 15.3 Å². The van der Waals surface area contributed by atoms with E-state index in [0.717, 1.165) is 17.2 Å². The molecule has 0 fully saturated rings. The zero-order chi connectivity index (χ0) is 13.0. The molecule has 2 rings (SSSR count). The van der Waals surface area contributed by atoms with Crippen LogP contribution < -0.4 is 14.8 Å². The summed E-state index contributed by atoms with van der Waals surface area (Å²) < 4.78 is 10.4. The van der Waals surface area contributed by atoms with Crippen LogP contribution in [0.15, 0.2) is 30.6 Å². The topological polar surface area (TPSA) is 56.3 Å². The number of methoxy groups -OCH3 is 2.